The molecular weight excluding hydrogens is 370 g/mol. The van der Waals surface area contributed by atoms with Gasteiger partial charge >= 0.3 is 0 Å². The van der Waals surface area contributed by atoms with Crippen molar-refractivity contribution in [1.82, 2.24) is 4.90 Å². The van der Waals surface area contributed by atoms with Gasteiger partial charge in [0.1, 0.15) is 12.4 Å². The Morgan fingerprint density at radius 3 is 2.37 bits per heavy atom. The minimum absolute atomic E-state index is 0.0217. The maximum absolute atomic E-state index is 13.7. The molecule has 4 aromatic rings. The van der Waals surface area contributed by atoms with Crippen LogP contribution in [-0.4, -0.2) is 23.5 Å². The number of para-hydroxylation sites is 1. The summed E-state index contributed by atoms with van der Waals surface area (Å²) in [7, 11) is 0. The molecule has 1 aliphatic heterocycles. The van der Waals surface area contributed by atoms with Crippen molar-refractivity contribution in [1.29, 1.82) is 0 Å². The Labute approximate surface area is 176 Å². The predicted molar refractivity (Wildman–Crippen MR) is 120 cm³/mol. The van der Waals surface area contributed by atoms with Crippen LogP contribution in [0.15, 0.2) is 97.1 Å². The molecule has 148 valence electrons. The zero-order chi connectivity index (χ0) is 20.3. The molecule has 1 aliphatic rings. The highest BCUT2D eigenvalue weighted by molar-refractivity contribution is 6.07. The van der Waals surface area contributed by atoms with Crippen LogP contribution >= 0.6 is 0 Å². The molecule has 0 bridgehead atoms. The van der Waals surface area contributed by atoms with Crippen LogP contribution in [0.5, 0.6) is 5.75 Å². The Hall–Kier alpha value is -3.59. The quantitative estimate of drug-likeness (QED) is 0.459. The molecule has 4 aromatic carbocycles. The Morgan fingerprint density at radius 1 is 0.800 bits per heavy atom. The molecule has 3 nitrogen and oxygen atoms in total. The van der Waals surface area contributed by atoms with E-state index < -0.39 is 0 Å². The minimum atomic E-state index is -0.0217. The first-order valence-corrected chi connectivity index (χ1v) is 10.3. The first kappa shape index (κ1) is 18.4. The van der Waals surface area contributed by atoms with Gasteiger partial charge in [0.05, 0.1) is 6.04 Å². The fourth-order valence-corrected chi connectivity index (χ4v) is 4.25. The zero-order valence-electron chi connectivity index (χ0n) is 16.7. The van der Waals surface area contributed by atoms with Crippen LogP contribution in [0.25, 0.3) is 10.8 Å². The monoisotopic (exact) mass is 393 g/mol. The smallest absolute Gasteiger partial charge is 0.255 e. The molecule has 3 heteroatoms. The van der Waals surface area contributed by atoms with Crippen LogP contribution in [0.2, 0.25) is 0 Å². The highest BCUT2D eigenvalue weighted by atomic mass is 16.5. The van der Waals surface area contributed by atoms with Gasteiger partial charge in [-0.1, -0.05) is 78.9 Å². The fourth-order valence-electron chi connectivity index (χ4n) is 4.25. The summed E-state index contributed by atoms with van der Waals surface area (Å²) in [5, 5.41) is 2.07. The maximum Gasteiger partial charge on any atom is 0.255 e. The van der Waals surface area contributed by atoms with E-state index in [1.165, 1.54) is 11.1 Å². The average molecular weight is 393 g/mol. The standard InChI is InChI=1S/C27H23NO2/c29-27(26-16-8-12-20-9-6-7-15-25(20)26)28-18-22-11-5-4-10-21(22)17-23(28)19-30-24-13-2-1-3-14-24/h1-16,23H,17-19H2/t23-/m0/s1. The molecule has 1 heterocycles. The molecule has 0 saturated heterocycles. The summed E-state index contributed by atoms with van der Waals surface area (Å²) in [4.78, 5) is 15.7. The summed E-state index contributed by atoms with van der Waals surface area (Å²) in [6, 6.07) is 32.2. The molecule has 5 rings (SSSR count). The largest absolute Gasteiger partial charge is 0.491 e. The Balaban J connectivity index is 1.48. The number of hydrogen-bond acceptors (Lipinski definition) is 2. The lowest BCUT2D eigenvalue weighted by Crippen LogP contribution is -2.47. The Kier molecular flexibility index (Phi) is 4.94. The van der Waals surface area contributed by atoms with Crippen molar-refractivity contribution < 1.29 is 9.53 Å². The van der Waals surface area contributed by atoms with Crippen LogP contribution in [-0.2, 0) is 13.0 Å². The van der Waals surface area contributed by atoms with Gasteiger partial charge in [-0.25, -0.2) is 0 Å². The molecule has 30 heavy (non-hydrogen) atoms. The van der Waals surface area contributed by atoms with E-state index in [0.717, 1.165) is 28.5 Å². The molecule has 0 aromatic heterocycles. The van der Waals surface area contributed by atoms with E-state index in [0.29, 0.717) is 13.2 Å². The van der Waals surface area contributed by atoms with Crippen molar-refractivity contribution in [3.63, 3.8) is 0 Å². The van der Waals surface area contributed by atoms with Gasteiger partial charge in [0.2, 0.25) is 0 Å². The predicted octanol–water partition coefficient (Wildman–Crippen LogP) is 5.49. The topological polar surface area (TPSA) is 29.5 Å². The third kappa shape index (κ3) is 3.55. The van der Waals surface area contributed by atoms with E-state index in [-0.39, 0.29) is 11.9 Å². The van der Waals surface area contributed by atoms with Crippen molar-refractivity contribution in [3.8, 4) is 5.75 Å². The van der Waals surface area contributed by atoms with Crippen molar-refractivity contribution in [2.75, 3.05) is 6.61 Å². The molecule has 0 saturated carbocycles. The van der Waals surface area contributed by atoms with Crippen molar-refractivity contribution in [2.24, 2.45) is 0 Å². The van der Waals surface area contributed by atoms with E-state index in [9.17, 15) is 4.79 Å². The van der Waals surface area contributed by atoms with E-state index in [1.54, 1.807) is 0 Å². The first-order valence-electron chi connectivity index (χ1n) is 10.3. The van der Waals surface area contributed by atoms with Crippen LogP contribution < -0.4 is 4.74 Å². The number of benzene rings is 4. The Morgan fingerprint density at radius 2 is 1.50 bits per heavy atom. The highest BCUT2D eigenvalue weighted by Crippen LogP contribution is 2.28. The second-order valence-electron chi connectivity index (χ2n) is 7.71. The third-order valence-electron chi connectivity index (χ3n) is 5.82. The summed E-state index contributed by atoms with van der Waals surface area (Å²) in [6.07, 6.45) is 0.791. The summed E-state index contributed by atoms with van der Waals surface area (Å²) < 4.78 is 6.07. The van der Waals surface area contributed by atoms with Gasteiger partial charge < -0.3 is 9.64 Å². The van der Waals surface area contributed by atoms with Crippen LogP contribution in [0.3, 0.4) is 0 Å². The molecule has 0 radical (unpaired) electrons. The average Bonchev–Trinajstić information content (AvgIpc) is 2.82. The first-order chi connectivity index (χ1) is 14.8. The van der Waals surface area contributed by atoms with E-state index in [1.807, 2.05) is 83.8 Å². The number of amides is 1. The summed E-state index contributed by atoms with van der Waals surface area (Å²) >= 11 is 0. The summed E-state index contributed by atoms with van der Waals surface area (Å²) in [6.45, 7) is 1.07. The number of nitrogens with zero attached hydrogens (tertiary/aromatic N) is 1. The third-order valence-corrected chi connectivity index (χ3v) is 5.82. The molecule has 0 fully saturated rings. The van der Waals surface area contributed by atoms with Crippen molar-refractivity contribution in [2.45, 2.75) is 19.0 Å². The van der Waals surface area contributed by atoms with Crippen molar-refractivity contribution >= 4 is 16.7 Å². The molecule has 0 N–H and O–H groups in total. The lowest BCUT2D eigenvalue weighted by Gasteiger charge is -2.37. The molecular formula is C27H23NO2. The molecule has 0 unspecified atom stereocenters. The van der Waals surface area contributed by atoms with Crippen molar-refractivity contribution in [3.05, 3.63) is 114 Å². The number of rotatable bonds is 4. The van der Waals surface area contributed by atoms with Gasteiger partial charge in [-0.3, -0.25) is 4.79 Å². The molecule has 0 spiro atoms. The van der Waals surface area contributed by atoms with E-state index >= 15 is 0 Å². The van der Waals surface area contributed by atoms with Gasteiger partial charge in [-0.05, 0) is 46.5 Å². The zero-order valence-corrected chi connectivity index (χ0v) is 16.7. The molecule has 0 aliphatic carbocycles. The normalized spacial score (nSPS) is 15.6. The number of ether oxygens (including phenoxy) is 1. The minimum Gasteiger partial charge on any atom is -0.491 e. The SMILES string of the molecule is O=C(c1cccc2ccccc12)N1Cc2ccccc2C[C@H]1COc1ccccc1. The number of carbonyl (C=O) groups is 1. The van der Waals surface area contributed by atoms with Gasteiger partial charge in [-0.2, -0.15) is 0 Å². The van der Waals surface area contributed by atoms with Crippen LogP contribution in [0.4, 0.5) is 0 Å². The summed E-state index contributed by atoms with van der Waals surface area (Å²) in [5.74, 6) is 0.886. The lowest BCUT2D eigenvalue weighted by atomic mass is 9.93. The maximum atomic E-state index is 13.7. The van der Waals surface area contributed by atoms with Crippen LogP contribution in [0.1, 0.15) is 21.5 Å². The van der Waals surface area contributed by atoms with Crippen LogP contribution in [0, 0.1) is 0 Å². The number of carbonyl (C=O) groups excluding carboxylic acids is 1. The Bertz CT molecular complexity index is 1180. The molecule has 1 atom stereocenters. The second-order valence-corrected chi connectivity index (χ2v) is 7.71. The van der Waals surface area contributed by atoms with Gasteiger partial charge in [0.15, 0.2) is 0 Å². The molecule has 1 amide bonds. The number of fused-ring (bicyclic) bond motifs is 2. The number of hydrogen-bond donors (Lipinski definition) is 0. The highest BCUT2D eigenvalue weighted by Gasteiger charge is 2.31. The fraction of sp³-hybridized carbons (Fsp3) is 0.148. The van der Waals surface area contributed by atoms with E-state index in [4.69, 9.17) is 4.74 Å². The van der Waals surface area contributed by atoms with Gasteiger partial charge in [-0.15, -0.1) is 0 Å². The second kappa shape index (κ2) is 8.03. The lowest BCUT2D eigenvalue weighted by molar-refractivity contribution is 0.0568. The van der Waals surface area contributed by atoms with Gasteiger partial charge in [0.25, 0.3) is 5.91 Å². The summed E-state index contributed by atoms with van der Waals surface area (Å²) in [5.41, 5.74) is 3.25. The van der Waals surface area contributed by atoms with Gasteiger partial charge in [0, 0.05) is 12.1 Å². The van der Waals surface area contributed by atoms with E-state index in [2.05, 4.69) is 18.2 Å².